The molecule has 0 unspecified atom stereocenters. The van der Waals surface area contributed by atoms with Crippen molar-refractivity contribution < 1.29 is 9.53 Å². The predicted octanol–water partition coefficient (Wildman–Crippen LogP) is 3.98. The van der Waals surface area contributed by atoms with Crippen LogP contribution in [0.25, 0.3) is 11.5 Å². The molecule has 0 fully saturated rings. The van der Waals surface area contributed by atoms with Crippen LogP contribution in [0.5, 0.6) is 5.75 Å². The molecular weight excluding hydrogens is 442 g/mol. The third kappa shape index (κ3) is 3.80. The number of fused-ring (bicyclic) bond motifs is 2. The zero-order valence-electron chi connectivity index (χ0n) is 19.3. The number of amides is 1. The Hall–Kier alpha value is -4.53. The highest BCUT2D eigenvalue weighted by molar-refractivity contribution is 5.95. The number of anilines is 1. The van der Waals surface area contributed by atoms with E-state index >= 15 is 0 Å². The van der Waals surface area contributed by atoms with Gasteiger partial charge < -0.3 is 10.1 Å². The zero-order chi connectivity index (χ0) is 23.9. The molecule has 35 heavy (non-hydrogen) atoms. The Morgan fingerprint density at radius 3 is 2.71 bits per heavy atom. The number of carbonyl (C=O) groups is 1. The largest absolute Gasteiger partial charge is 0.489 e. The molecule has 0 saturated carbocycles. The van der Waals surface area contributed by atoms with Gasteiger partial charge in [-0.3, -0.25) is 4.79 Å². The second-order valence-electron chi connectivity index (χ2n) is 8.70. The molecule has 1 atom stereocenters. The highest BCUT2D eigenvalue weighted by Crippen LogP contribution is 2.43. The van der Waals surface area contributed by atoms with Crippen LogP contribution in [0.3, 0.4) is 0 Å². The molecule has 4 heterocycles. The van der Waals surface area contributed by atoms with E-state index < -0.39 is 0 Å². The quantitative estimate of drug-likeness (QED) is 0.422. The van der Waals surface area contributed by atoms with E-state index in [4.69, 9.17) is 9.84 Å². The van der Waals surface area contributed by atoms with Gasteiger partial charge in [0.15, 0.2) is 11.5 Å². The van der Waals surface area contributed by atoms with Crippen molar-refractivity contribution >= 4 is 17.4 Å². The maximum atomic E-state index is 12.9. The summed E-state index contributed by atoms with van der Waals surface area (Å²) in [4.78, 5) is 12.9. The van der Waals surface area contributed by atoms with Gasteiger partial charge in [0, 0.05) is 23.5 Å². The summed E-state index contributed by atoms with van der Waals surface area (Å²) in [5, 5.41) is 20.2. The molecule has 0 bridgehead atoms. The molecule has 1 aliphatic heterocycles. The fraction of sp³-hybridized carbons (Fsp3) is 0.192. The van der Waals surface area contributed by atoms with Crippen molar-refractivity contribution in [1.82, 2.24) is 29.6 Å². The molecule has 9 nitrogen and oxygen atoms in total. The van der Waals surface area contributed by atoms with Crippen LogP contribution in [-0.2, 0) is 11.4 Å². The number of aryl methyl sites for hydroxylation is 2. The summed E-state index contributed by atoms with van der Waals surface area (Å²) in [5.41, 5.74) is 5.67. The van der Waals surface area contributed by atoms with E-state index in [1.807, 2.05) is 43.3 Å². The van der Waals surface area contributed by atoms with Crippen molar-refractivity contribution in [2.45, 2.75) is 32.8 Å². The van der Waals surface area contributed by atoms with E-state index in [1.54, 1.807) is 9.20 Å². The molecule has 174 valence electrons. The monoisotopic (exact) mass is 465 g/mol. The number of hydrogen-bond donors (Lipinski definition) is 1. The Bertz CT molecular complexity index is 1550. The lowest BCUT2D eigenvalue weighted by atomic mass is 9.85. The molecule has 1 N–H and O–H groups in total. The fourth-order valence-electron chi connectivity index (χ4n) is 4.56. The summed E-state index contributed by atoms with van der Waals surface area (Å²) in [6.07, 6.45) is 1.84. The van der Waals surface area contributed by atoms with E-state index in [-0.39, 0.29) is 11.8 Å². The van der Waals surface area contributed by atoms with Gasteiger partial charge in [0.2, 0.25) is 5.91 Å². The van der Waals surface area contributed by atoms with Gasteiger partial charge in [-0.05, 0) is 37.6 Å². The number of ether oxygens (including phenoxy) is 1. The van der Waals surface area contributed by atoms with Crippen molar-refractivity contribution in [1.29, 1.82) is 0 Å². The van der Waals surface area contributed by atoms with E-state index in [1.165, 1.54) is 11.9 Å². The maximum absolute atomic E-state index is 12.9. The summed E-state index contributed by atoms with van der Waals surface area (Å²) in [5.74, 6) is 1.67. The van der Waals surface area contributed by atoms with Gasteiger partial charge >= 0.3 is 0 Å². The molecule has 0 aliphatic carbocycles. The fourth-order valence-corrected chi connectivity index (χ4v) is 4.56. The lowest BCUT2D eigenvalue weighted by Gasteiger charge is -2.26. The normalized spacial score (nSPS) is 15.1. The van der Waals surface area contributed by atoms with Gasteiger partial charge in [-0.2, -0.15) is 14.3 Å². The molecule has 0 radical (unpaired) electrons. The summed E-state index contributed by atoms with van der Waals surface area (Å²) in [6.45, 7) is 4.46. The van der Waals surface area contributed by atoms with Crippen molar-refractivity contribution in [3.8, 4) is 11.6 Å². The summed E-state index contributed by atoms with van der Waals surface area (Å²) < 4.78 is 9.50. The predicted molar refractivity (Wildman–Crippen MR) is 130 cm³/mol. The average molecular weight is 466 g/mol. The first kappa shape index (κ1) is 21.0. The van der Waals surface area contributed by atoms with Crippen LogP contribution in [0.15, 0.2) is 67.0 Å². The molecule has 6 rings (SSSR count). The molecule has 0 saturated heterocycles. The Morgan fingerprint density at radius 2 is 1.86 bits per heavy atom. The lowest BCUT2D eigenvalue weighted by molar-refractivity contribution is -0.116. The smallest absolute Gasteiger partial charge is 0.226 e. The Morgan fingerprint density at radius 1 is 1.03 bits per heavy atom. The van der Waals surface area contributed by atoms with E-state index in [9.17, 15) is 4.79 Å². The minimum atomic E-state index is -0.194. The van der Waals surface area contributed by atoms with E-state index in [0.29, 0.717) is 30.3 Å². The third-order valence-corrected chi connectivity index (χ3v) is 6.28. The summed E-state index contributed by atoms with van der Waals surface area (Å²) in [6, 6.07) is 19.8. The SMILES string of the molecule is Cc1ccc(COc2ccccc2[C@H]2CC(=O)Nc3c2c(C)nn3-c2ccc3nncn3n2)cc1. The van der Waals surface area contributed by atoms with Crippen LogP contribution in [0, 0.1) is 13.8 Å². The van der Waals surface area contributed by atoms with Gasteiger partial charge in [-0.15, -0.1) is 15.3 Å². The molecule has 5 aromatic rings. The molecule has 9 heteroatoms. The van der Waals surface area contributed by atoms with Gasteiger partial charge in [-0.25, -0.2) is 0 Å². The van der Waals surface area contributed by atoms with Crippen LogP contribution in [-0.4, -0.2) is 35.5 Å². The first-order chi connectivity index (χ1) is 17.1. The highest BCUT2D eigenvalue weighted by atomic mass is 16.5. The van der Waals surface area contributed by atoms with Crippen LogP contribution in [0.1, 0.15) is 40.3 Å². The Balaban J connectivity index is 1.39. The number of nitrogens with zero attached hydrogens (tertiary/aromatic N) is 6. The van der Waals surface area contributed by atoms with Gasteiger partial charge in [0.05, 0.1) is 5.69 Å². The molecule has 2 aromatic carbocycles. The standard InChI is InChI=1S/C26H23N7O2/c1-16-7-9-18(10-8-16)14-35-21-6-4-3-5-19(21)20-13-24(34)28-26-25(20)17(2)30-33(26)23-12-11-22-29-27-15-32(22)31-23/h3-12,15,20H,13-14H2,1-2H3,(H,28,34)/t20-/m1/s1. The minimum Gasteiger partial charge on any atom is -0.489 e. The molecule has 3 aromatic heterocycles. The summed E-state index contributed by atoms with van der Waals surface area (Å²) >= 11 is 0. The van der Waals surface area contributed by atoms with Crippen molar-refractivity contribution in [2.24, 2.45) is 0 Å². The number of rotatable bonds is 5. The number of aromatic nitrogens is 6. The first-order valence-corrected chi connectivity index (χ1v) is 11.4. The zero-order valence-corrected chi connectivity index (χ0v) is 19.3. The van der Waals surface area contributed by atoms with Crippen molar-refractivity contribution in [2.75, 3.05) is 5.32 Å². The molecular formula is C26H23N7O2. The topological polar surface area (TPSA) is 99.2 Å². The second kappa shape index (κ2) is 8.35. The van der Waals surface area contributed by atoms with Crippen LogP contribution >= 0.6 is 0 Å². The Kier molecular flexibility index (Phi) is 5.02. The summed E-state index contributed by atoms with van der Waals surface area (Å²) in [7, 11) is 0. The first-order valence-electron chi connectivity index (χ1n) is 11.4. The maximum Gasteiger partial charge on any atom is 0.226 e. The number of nitrogens with one attached hydrogen (secondary N) is 1. The third-order valence-electron chi connectivity index (χ3n) is 6.28. The van der Waals surface area contributed by atoms with Crippen LogP contribution in [0.2, 0.25) is 0 Å². The van der Waals surface area contributed by atoms with Gasteiger partial charge in [0.25, 0.3) is 0 Å². The Labute approximate surface area is 201 Å². The van der Waals surface area contributed by atoms with E-state index in [2.05, 4.69) is 51.8 Å². The van der Waals surface area contributed by atoms with Crippen LogP contribution in [0.4, 0.5) is 5.82 Å². The average Bonchev–Trinajstić information content (AvgIpc) is 3.47. The van der Waals surface area contributed by atoms with Crippen LogP contribution < -0.4 is 10.1 Å². The van der Waals surface area contributed by atoms with Gasteiger partial charge in [0.1, 0.15) is 24.5 Å². The molecule has 0 spiro atoms. The molecule has 1 aliphatic rings. The minimum absolute atomic E-state index is 0.0811. The number of para-hydroxylation sites is 1. The van der Waals surface area contributed by atoms with Crippen molar-refractivity contribution in [3.63, 3.8) is 0 Å². The number of hydrogen-bond acceptors (Lipinski definition) is 6. The number of benzene rings is 2. The highest BCUT2D eigenvalue weighted by Gasteiger charge is 2.34. The second-order valence-corrected chi connectivity index (χ2v) is 8.70. The molecule has 1 amide bonds. The number of carbonyl (C=O) groups excluding carboxylic acids is 1. The van der Waals surface area contributed by atoms with Gasteiger partial charge in [-0.1, -0.05) is 48.0 Å². The van der Waals surface area contributed by atoms with Crippen molar-refractivity contribution in [3.05, 3.63) is 94.9 Å². The lowest BCUT2D eigenvalue weighted by Crippen LogP contribution is -2.25. The van der Waals surface area contributed by atoms with E-state index in [0.717, 1.165) is 28.1 Å².